The normalized spacial score (nSPS) is 17.1. The molecule has 0 bridgehead atoms. The number of aliphatic hydroxyl groups excluding tert-OH is 1. The van der Waals surface area contributed by atoms with Crippen molar-refractivity contribution in [2.75, 3.05) is 57.9 Å². The van der Waals surface area contributed by atoms with E-state index in [0.29, 0.717) is 5.56 Å². The van der Waals surface area contributed by atoms with E-state index in [2.05, 4.69) is 26.6 Å². The Hall–Kier alpha value is -4.89. The van der Waals surface area contributed by atoms with Gasteiger partial charge in [-0.25, -0.2) is 4.79 Å². The third kappa shape index (κ3) is 18.2. The number of carboxylic acid groups (broad SMARTS) is 1. The minimum absolute atomic E-state index is 0.0369. The highest BCUT2D eigenvalue weighted by atomic mass is 16.7. The number of aliphatic hydroxyl groups is 1. The van der Waals surface area contributed by atoms with Crippen molar-refractivity contribution in [1.29, 1.82) is 0 Å². The minimum atomic E-state index is -1.31. The lowest BCUT2D eigenvalue weighted by atomic mass is 10.0. The van der Waals surface area contributed by atoms with Crippen molar-refractivity contribution in [2.45, 2.75) is 77.6 Å². The number of benzene rings is 1. The number of nitrogens with one attached hydrogen (secondary N) is 5. The number of hydrogen-bond donors (Lipinski definition) is 8. The molecular weight excluding hydrogens is 716 g/mol. The minimum Gasteiger partial charge on any atom is -0.479 e. The summed E-state index contributed by atoms with van der Waals surface area (Å²) in [6.45, 7) is 5.00. The van der Waals surface area contributed by atoms with Gasteiger partial charge in [0.15, 0.2) is 6.10 Å². The van der Waals surface area contributed by atoms with Gasteiger partial charge in [0.1, 0.15) is 18.4 Å². The van der Waals surface area contributed by atoms with Gasteiger partial charge < -0.3 is 66.2 Å². The average molecular weight is 769 g/mol. The van der Waals surface area contributed by atoms with Crippen molar-refractivity contribution < 1.29 is 67.5 Å². The van der Waals surface area contributed by atoms with Crippen LogP contribution in [-0.2, 0) is 59.1 Å². The maximum absolute atomic E-state index is 13.0. The third-order valence-electron chi connectivity index (χ3n) is 7.48. The predicted octanol–water partition coefficient (Wildman–Crippen LogP) is -1.72. The molecule has 1 heterocycles. The molecule has 2 rings (SSSR count). The van der Waals surface area contributed by atoms with E-state index in [0.717, 1.165) is 0 Å². The number of nitrogens with two attached hydrogens (primary N) is 1. The quantitative estimate of drug-likeness (QED) is 0.0429. The van der Waals surface area contributed by atoms with Crippen LogP contribution in [0.5, 0.6) is 5.75 Å². The van der Waals surface area contributed by atoms with Crippen LogP contribution in [0.15, 0.2) is 18.2 Å². The zero-order chi connectivity index (χ0) is 40.0. The molecule has 1 aliphatic heterocycles. The van der Waals surface area contributed by atoms with Gasteiger partial charge in [0.05, 0.1) is 51.3 Å². The molecule has 9 N–H and O–H groups in total. The van der Waals surface area contributed by atoms with Crippen molar-refractivity contribution in [3.8, 4) is 5.75 Å². The molecule has 0 aliphatic carbocycles. The highest BCUT2D eigenvalue weighted by Gasteiger charge is 2.34. The fourth-order valence-corrected chi connectivity index (χ4v) is 4.74. The number of carbonyl (C=O) groups excluding carboxylic acids is 6. The molecule has 1 aromatic rings. The van der Waals surface area contributed by atoms with E-state index in [4.69, 9.17) is 29.4 Å². The Morgan fingerprint density at radius 2 is 1.59 bits per heavy atom. The summed E-state index contributed by atoms with van der Waals surface area (Å²) in [6.07, 6.45) is -3.59. The molecule has 20 nitrogen and oxygen atoms in total. The van der Waals surface area contributed by atoms with E-state index >= 15 is 0 Å². The molecule has 1 aliphatic rings. The standard InChI is InChI=1S/C34H52N6O14/c1-20(2)32(40-28(44)7-10-50-12-13-51-11-9-36-29(45)17-37-27(43)6-8-35)33(47)38-18-30(46)39-24-5-4-22(19-52-21(3)41)14-25(24)53-31-16-23(42)15-26(54-31)34(48)49/h4-5,14,20,23,26,31-32,42H,6-13,15-19,35H2,1-3H3,(H,36,45)(H,37,43)(H,38,47)(H,39,46)(H,40,44)(H,48,49)/t23?,26-,31?,32?/m0/s1. The second-order valence-corrected chi connectivity index (χ2v) is 12.4. The first-order chi connectivity index (χ1) is 25.7. The number of aliphatic carboxylic acids is 1. The van der Waals surface area contributed by atoms with E-state index in [1.807, 2.05) is 0 Å². The van der Waals surface area contributed by atoms with Gasteiger partial charge in [0, 0.05) is 45.7 Å². The monoisotopic (exact) mass is 768 g/mol. The van der Waals surface area contributed by atoms with E-state index in [1.165, 1.54) is 19.1 Å². The summed E-state index contributed by atoms with van der Waals surface area (Å²) in [5.41, 5.74) is 5.88. The van der Waals surface area contributed by atoms with Crippen LogP contribution in [0.25, 0.3) is 0 Å². The average Bonchev–Trinajstić information content (AvgIpc) is 3.11. The lowest BCUT2D eigenvalue weighted by molar-refractivity contribution is -0.195. The largest absolute Gasteiger partial charge is 0.479 e. The first-order valence-corrected chi connectivity index (χ1v) is 17.4. The van der Waals surface area contributed by atoms with Gasteiger partial charge in [-0.05, 0) is 23.6 Å². The smallest absolute Gasteiger partial charge is 0.333 e. The van der Waals surface area contributed by atoms with Crippen LogP contribution in [0, 0.1) is 5.92 Å². The number of ether oxygens (including phenoxy) is 5. The molecule has 4 atom stereocenters. The maximum atomic E-state index is 13.0. The van der Waals surface area contributed by atoms with Crippen LogP contribution >= 0.6 is 0 Å². The Morgan fingerprint density at radius 3 is 2.26 bits per heavy atom. The lowest BCUT2D eigenvalue weighted by Crippen LogP contribution is -2.51. The molecule has 302 valence electrons. The molecular formula is C34H52N6O14. The molecule has 0 saturated carbocycles. The van der Waals surface area contributed by atoms with E-state index in [-0.39, 0.29) is 108 Å². The van der Waals surface area contributed by atoms with Gasteiger partial charge >= 0.3 is 11.9 Å². The summed E-state index contributed by atoms with van der Waals surface area (Å²) in [5.74, 6) is -4.49. The number of carboxylic acids is 1. The number of rotatable bonds is 24. The van der Waals surface area contributed by atoms with Gasteiger partial charge in [0.25, 0.3) is 0 Å². The molecule has 20 heteroatoms. The summed E-state index contributed by atoms with van der Waals surface area (Å²) in [5, 5.41) is 32.3. The fourth-order valence-electron chi connectivity index (χ4n) is 4.74. The van der Waals surface area contributed by atoms with Gasteiger partial charge in [-0.15, -0.1) is 0 Å². The predicted molar refractivity (Wildman–Crippen MR) is 188 cm³/mol. The first kappa shape index (κ1) is 45.3. The first-order valence-electron chi connectivity index (χ1n) is 17.4. The Labute approximate surface area is 312 Å². The van der Waals surface area contributed by atoms with Gasteiger partial charge in [-0.2, -0.15) is 0 Å². The Kier molecular flexibility index (Phi) is 20.5. The van der Waals surface area contributed by atoms with Crippen LogP contribution < -0.4 is 37.1 Å². The highest BCUT2D eigenvalue weighted by molar-refractivity contribution is 5.97. The van der Waals surface area contributed by atoms with Crippen molar-refractivity contribution in [1.82, 2.24) is 21.3 Å². The molecule has 1 fully saturated rings. The molecule has 0 spiro atoms. The van der Waals surface area contributed by atoms with Crippen LogP contribution in [0.1, 0.15) is 52.0 Å². The van der Waals surface area contributed by atoms with Gasteiger partial charge in [0.2, 0.25) is 35.8 Å². The van der Waals surface area contributed by atoms with E-state index in [1.54, 1.807) is 19.9 Å². The Bertz CT molecular complexity index is 1430. The number of esters is 1. The van der Waals surface area contributed by atoms with Crippen molar-refractivity contribution in [3.05, 3.63) is 23.8 Å². The number of amides is 5. The van der Waals surface area contributed by atoms with Gasteiger partial charge in [-0.1, -0.05) is 19.9 Å². The molecule has 3 unspecified atom stereocenters. The SMILES string of the molecule is CC(=O)OCc1ccc(NC(=O)CNC(=O)C(NC(=O)CCOCCOCCNC(=O)CNC(=O)CCN)C(C)C)c(OC2CC(O)C[C@@H](C(=O)O)O2)c1. The van der Waals surface area contributed by atoms with Gasteiger partial charge in [-0.3, -0.25) is 28.8 Å². The van der Waals surface area contributed by atoms with E-state index in [9.17, 15) is 43.8 Å². The number of carbonyl (C=O) groups is 7. The van der Waals surface area contributed by atoms with Crippen molar-refractivity contribution in [2.24, 2.45) is 11.7 Å². The Balaban J connectivity index is 1.79. The second kappa shape index (κ2) is 24.4. The van der Waals surface area contributed by atoms with Crippen molar-refractivity contribution >= 4 is 47.2 Å². The summed E-state index contributed by atoms with van der Waals surface area (Å²) >= 11 is 0. The molecule has 0 radical (unpaired) electrons. The van der Waals surface area contributed by atoms with Crippen LogP contribution in [0.3, 0.4) is 0 Å². The van der Waals surface area contributed by atoms with Crippen LogP contribution in [0.2, 0.25) is 0 Å². The maximum Gasteiger partial charge on any atom is 0.333 e. The number of anilines is 1. The zero-order valence-corrected chi connectivity index (χ0v) is 30.7. The van der Waals surface area contributed by atoms with Crippen LogP contribution in [0.4, 0.5) is 5.69 Å². The second-order valence-electron chi connectivity index (χ2n) is 12.4. The molecule has 54 heavy (non-hydrogen) atoms. The highest BCUT2D eigenvalue weighted by Crippen LogP contribution is 2.31. The molecule has 1 aromatic carbocycles. The summed E-state index contributed by atoms with van der Waals surface area (Å²) in [6, 6.07) is 3.51. The third-order valence-corrected chi connectivity index (χ3v) is 7.48. The van der Waals surface area contributed by atoms with Crippen molar-refractivity contribution in [3.63, 3.8) is 0 Å². The topological polar surface area (TPSA) is 292 Å². The number of hydrogen-bond acceptors (Lipinski definition) is 14. The van der Waals surface area contributed by atoms with Crippen LogP contribution in [-0.4, -0.2) is 129 Å². The fraction of sp³-hybridized carbons (Fsp3) is 0.618. The molecule has 1 saturated heterocycles. The van der Waals surface area contributed by atoms with E-state index < -0.39 is 60.7 Å². The summed E-state index contributed by atoms with van der Waals surface area (Å²) in [7, 11) is 0. The zero-order valence-electron chi connectivity index (χ0n) is 30.7. The molecule has 5 amide bonds. The molecule has 0 aromatic heterocycles. The lowest BCUT2D eigenvalue weighted by Gasteiger charge is -2.31. The summed E-state index contributed by atoms with van der Waals surface area (Å²) < 4.78 is 27.1. The summed E-state index contributed by atoms with van der Waals surface area (Å²) in [4.78, 5) is 84.2. The Morgan fingerprint density at radius 1 is 0.889 bits per heavy atom.